The monoisotopic (exact) mass is 479 g/mol. The first-order valence-corrected chi connectivity index (χ1v) is 13.0. The fraction of sp³-hybridized carbons (Fsp3) is 0.280. The number of hydrogen-bond acceptors (Lipinski definition) is 6. The van der Waals surface area contributed by atoms with Gasteiger partial charge in [-0.25, -0.2) is 8.42 Å². The van der Waals surface area contributed by atoms with Gasteiger partial charge in [0.1, 0.15) is 17.2 Å². The average Bonchev–Trinajstić information content (AvgIpc) is 2.82. The number of carbonyl (C=O) groups is 1. The molecule has 34 heavy (non-hydrogen) atoms. The van der Waals surface area contributed by atoms with E-state index in [1.54, 1.807) is 12.3 Å². The first-order valence-electron chi connectivity index (χ1n) is 11.1. The van der Waals surface area contributed by atoms with Crippen molar-refractivity contribution in [3.8, 4) is 17.2 Å². The molecule has 3 aliphatic rings. The van der Waals surface area contributed by atoms with Crippen LogP contribution in [0.1, 0.15) is 39.5 Å². The molecule has 8 bridgehead atoms. The molecular weight excluding hydrogens is 454 g/mol. The minimum Gasteiger partial charge on any atom is -0.494 e. The summed E-state index contributed by atoms with van der Waals surface area (Å²) in [5.41, 5.74) is 3.17. The number of nitrogens with zero attached hydrogens (tertiary/aromatic N) is 2. The molecule has 4 heterocycles. The van der Waals surface area contributed by atoms with Gasteiger partial charge in [-0.3, -0.25) is 9.78 Å². The van der Waals surface area contributed by atoms with Crippen molar-refractivity contribution in [3.63, 3.8) is 0 Å². The van der Waals surface area contributed by atoms with E-state index < -0.39 is 16.1 Å². The van der Waals surface area contributed by atoms with Gasteiger partial charge in [0.05, 0.1) is 30.7 Å². The summed E-state index contributed by atoms with van der Waals surface area (Å²) in [7, 11) is -3.45. The Kier molecular flexibility index (Phi) is 5.97. The maximum absolute atomic E-state index is 12.7. The number of ether oxygens (including phenoxy) is 2. The number of rotatable bonds is 1. The van der Waals surface area contributed by atoms with Gasteiger partial charge in [-0.05, 0) is 59.9 Å². The van der Waals surface area contributed by atoms with Crippen LogP contribution in [0.15, 0.2) is 60.9 Å². The fourth-order valence-corrected chi connectivity index (χ4v) is 5.46. The van der Waals surface area contributed by atoms with Gasteiger partial charge in [0, 0.05) is 19.3 Å². The maximum Gasteiger partial charge on any atom is 0.252 e. The SMILES string of the molecule is CS(=O)(=O)N1CCc2cc3ccc2C1c1cccc(c1)OCCCNC(=O)c1cncc(c1)O3. The smallest absolute Gasteiger partial charge is 0.252 e. The third kappa shape index (κ3) is 4.62. The first kappa shape index (κ1) is 22.4. The van der Waals surface area contributed by atoms with Crippen molar-refractivity contribution in [3.05, 3.63) is 83.2 Å². The molecule has 0 radical (unpaired) electrons. The van der Waals surface area contributed by atoms with E-state index in [4.69, 9.17) is 9.47 Å². The molecule has 0 aliphatic carbocycles. The summed E-state index contributed by atoms with van der Waals surface area (Å²) in [4.78, 5) is 16.6. The number of pyridine rings is 1. The summed E-state index contributed by atoms with van der Waals surface area (Å²) in [5, 5.41) is 2.87. The molecule has 8 nitrogen and oxygen atoms in total. The Hall–Kier alpha value is -3.43. The van der Waals surface area contributed by atoms with E-state index in [1.807, 2.05) is 42.5 Å². The van der Waals surface area contributed by atoms with Crippen LogP contribution in [0, 0.1) is 0 Å². The van der Waals surface area contributed by atoms with Crippen LogP contribution in [0.2, 0.25) is 0 Å². The van der Waals surface area contributed by atoms with Crippen molar-refractivity contribution in [2.24, 2.45) is 0 Å². The van der Waals surface area contributed by atoms with Gasteiger partial charge in [-0.2, -0.15) is 4.31 Å². The fourth-order valence-electron chi connectivity index (χ4n) is 4.42. The summed E-state index contributed by atoms with van der Waals surface area (Å²) in [6, 6.07) is 14.4. The van der Waals surface area contributed by atoms with Crippen molar-refractivity contribution >= 4 is 15.9 Å². The minimum absolute atomic E-state index is 0.227. The number of benzene rings is 2. The van der Waals surface area contributed by atoms with Crippen LogP contribution in [0.5, 0.6) is 17.2 Å². The number of hydrogen-bond donors (Lipinski definition) is 1. The Labute approximate surface area is 198 Å². The zero-order chi connectivity index (χ0) is 23.7. The first-order chi connectivity index (χ1) is 16.4. The number of carbonyl (C=O) groups excluding carboxylic acids is 1. The van der Waals surface area contributed by atoms with Crippen molar-refractivity contribution in [2.45, 2.75) is 18.9 Å². The van der Waals surface area contributed by atoms with Crippen LogP contribution in [-0.2, 0) is 16.4 Å². The Morgan fingerprint density at radius 2 is 1.94 bits per heavy atom. The minimum atomic E-state index is -3.45. The molecule has 1 unspecified atom stereocenters. The molecular formula is C25H25N3O5S. The molecule has 9 heteroatoms. The van der Waals surface area contributed by atoms with Crippen molar-refractivity contribution < 1.29 is 22.7 Å². The van der Waals surface area contributed by atoms with E-state index >= 15 is 0 Å². The second kappa shape index (κ2) is 9.08. The van der Waals surface area contributed by atoms with Crippen LogP contribution in [-0.4, -0.2) is 49.6 Å². The summed E-state index contributed by atoms with van der Waals surface area (Å²) in [6.07, 6.45) is 5.48. The highest BCUT2D eigenvalue weighted by Gasteiger charge is 2.34. The topological polar surface area (TPSA) is 97.8 Å². The highest BCUT2D eigenvalue weighted by atomic mass is 32.2. The van der Waals surface area contributed by atoms with E-state index in [0.29, 0.717) is 55.4 Å². The highest BCUT2D eigenvalue weighted by Crippen LogP contribution is 2.39. The maximum atomic E-state index is 12.7. The van der Waals surface area contributed by atoms with Gasteiger partial charge < -0.3 is 14.8 Å². The van der Waals surface area contributed by atoms with Crippen LogP contribution in [0.25, 0.3) is 0 Å². The average molecular weight is 480 g/mol. The summed E-state index contributed by atoms with van der Waals surface area (Å²) in [5.74, 6) is 1.48. The molecule has 176 valence electrons. The van der Waals surface area contributed by atoms with Gasteiger partial charge in [0.2, 0.25) is 10.0 Å². The van der Waals surface area contributed by atoms with Crippen molar-refractivity contribution in [1.29, 1.82) is 0 Å². The normalized spacial score (nSPS) is 18.7. The summed E-state index contributed by atoms with van der Waals surface area (Å²) in [6.45, 7) is 1.21. The molecule has 1 amide bonds. The number of sulfonamides is 1. The predicted molar refractivity (Wildman–Crippen MR) is 127 cm³/mol. The molecule has 0 saturated heterocycles. The van der Waals surface area contributed by atoms with Gasteiger partial charge in [-0.1, -0.05) is 18.2 Å². The van der Waals surface area contributed by atoms with Crippen LogP contribution >= 0.6 is 0 Å². The quantitative estimate of drug-likeness (QED) is 0.575. The molecule has 0 fully saturated rings. The van der Waals surface area contributed by atoms with Crippen LogP contribution in [0.4, 0.5) is 0 Å². The number of amides is 1. The molecule has 1 N–H and O–H groups in total. The number of aromatic nitrogens is 1. The second-order valence-corrected chi connectivity index (χ2v) is 10.4. The Morgan fingerprint density at radius 1 is 1.06 bits per heavy atom. The number of nitrogens with one attached hydrogen (secondary N) is 1. The van der Waals surface area contributed by atoms with E-state index in [0.717, 1.165) is 16.7 Å². The zero-order valence-corrected chi connectivity index (χ0v) is 19.5. The van der Waals surface area contributed by atoms with Crippen molar-refractivity contribution in [2.75, 3.05) is 26.0 Å². The van der Waals surface area contributed by atoms with E-state index in [1.165, 1.54) is 16.8 Å². The standard InChI is InChI=1S/C25H25N3O5S/c1-34(30,31)28-10-8-17-12-21-6-7-23(17)24(28)18-4-2-5-20(13-18)32-11-3-9-27-25(29)19-14-22(33-21)16-26-15-19/h2,4-7,12-16,24H,3,8-11H2,1H3,(H,27,29). The Bertz CT molecular complexity index is 1340. The lowest BCUT2D eigenvalue weighted by atomic mass is 9.89. The predicted octanol–water partition coefficient (Wildman–Crippen LogP) is 3.29. The number of fused-ring (bicyclic) bond motifs is 6. The summed E-state index contributed by atoms with van der Waals surface area (Å²) < 4.78 is 38.8. The molecule has 1 aromatic heterocycles. The summed E-state index contributed by atoms with van der Waals surface area (Å²) >= 11 is 0. The van der Waals surface area contributed by atoms with Gasteiger partial charge in [0.15, 0.2) is 0 Å². The van der Waals surface area contributed by atoms with Gasteiger partial charge in [0.25, 0.3) is 5.91 Å². The largest absolute Gasteiger partial charge is 0.494 e. The Morgan fingerprint density at radius 3 is 2.79 bits per heavy atom. The third-order valence-electron chi connectivity index (χ3n) is 5.98. The lowest BCUT2D eigenvalue weighted by molar-refractivity contribution is 0.0951. The molecule has 6 rings (SSSR count). The van der Waals surface area contributed by atoms with E-state index in [9.17, 15) is 13.2 Å². The van der Waals surface area contributed by atoms with E-state index in [-0.39, 0.29) is 5.91 Å². The second-order valence-electron chi connectivity index (χ2n) is 8.43. The zero-order valence-electron chi connectivity index (χ0n) is 18.7. The molecule has 3 aliphatic heterocycles. The molecule has 0 spiro atoms. The van der Waals surface area contributed by atoms with Crippen molar-refractivity contribution in [1.82, 2.24) is 14.6 Å². The lowest BCUT2D eigenvalue weighted by Crippen LogP contribution is -2.39. The molecule has 0 saturated carbocycles. The van der Waals surface area contributed by atoms with Gasteiger partial charge >= 0.3 is 0 Å². The van der Waals surface area contributed by atoms with E-state index in [2.05, 4.69) is 10.3 Å². The van der Waals surface area contributed by atoms with Crippen LogP contribution in [0.3, 0.4) is 0 Å². The molecule has 1 atom stereocenters. The van der Waals surface area contributed by atoms with Crippen LogP contribution < -0.4 is 14.8 Å². The van der Waals surface area contributed by atoms with Gasteiger partial charge in [-0.15, -0.1) is 0 Å². The lowest BCUT2D eigenvalue weighted by Gasteiger charge is -2.36. The molecule has 2 aromatic carbocycles. The highest BCUT2D eigenvalue weighted by molar-refractivity contribution is 7.88. The third-order valence-corrected chi connectivity index (χ3v) is 7.23. The molecule has 3 aromatic rings. The Balaban J connectivity index is 1.60.